The van der Waals surface area contributed by atoms with E-state index in [0.717, 1.165) is 19.3 Å². The molecule has 0 bridgehead atoms. The van der Waals surface area contributed by atoms with Crippen LogP contribution in [-0.2, 0) is 0 Å². The third-order valence-corrected chi connectivity index (χ3v) is 2.46. The van der Waals surface area contributed by atoms with Gasteiger partial charge in [-0.1, -0.05) is 6.42 Å². The fourth-order valence-electron chi connectivity index (χ4n) is 1.28. The van der Waals surface area contributed by atoms with Crippen molar-refractivity contribution in [1.29, 1.82) is 0 Å². The van der Waals surface area contributed by atoms with Gasteiger partial charge in [-0.25, -0.2) is 0 Å². The highest BCUT2D eigenvalue weighted by molar-refractivity contribution is 6.22. The van der Waals surface area contributed by atoms with Gasteiger partial charge in [0.2, 0.25) is 0 Å². The number of rotatable bonds is 1. The second-order valence-electron chi connectivity index (χ2n) is 2.74. The standard InChI is InChI=1S/C6H10ClNO2/c7-6(8(9)10)4-2-1-3-5-6/h1-5H2. The van der Waals surface area contributed by atoms with Gasteiger partial charge >= 0.3 is 0 Å². The maximum Gasteiger partial charge on any atom is 0.294 e. The van der Waals surface area contributed by atoms with Crippen molar-refractivity contribution in [1.82, 2.24) is 0 Å². The van der Waals surface area contributed by atoms with Gasteiger partial charge in [-0.2, -0.15) is 0 Å². The Morgan fingerprint density at radius 3 is 2.10 bits per heavy atom. The minimum atomic E-state index is -1.13. The average molecular weight is 164 g/mol. The molecule has 1 aliphatic carbocycles. The van der Waals surface area contributed by atoms with Gasteiger partial charge in [0.25, 0.3) is 5.00 Å². The van der Waals surface area contributed by atoms with Gasteiger partial charge in [0, 0.05) is 17.8 Å². The van der Waals surface area contributed by atoms with Gasteiger partial charge < -0.3 is 0 Å². The van der Waals surface area contributed by atoms with E-state index >= 15 is 0 Å². The van der Waals surface area contributed by atoms with Gasteiger partial charge in [-0.05, 0) is 24.4 Å². The maximum atomic E-state index is 10.3. The van der Waals surface area contributed by atoms with Crippen LogP contribution in [0.4, 0.5) is 0 Å². The summed E-state index contributed by atoms with van der Waals surface area (Å²) in [5.41, 5.74) is 0. The van der Waals surface area contributed by atoms with Gasteiger partial charge in [-0.15, -0.1) is 0 Å². The van der Waals surface area contributed by atoms with Crippen molar-refractivity contribution in [3.05, 3.63) is 10.1 Å². The van der Waals surface area contributed by atoms with Crippen LogP contribution in [0.15, 0.2) is 0 Å². The summed E-state index contributed by atoms with van der Waals surface area (Å²) in [6.45, 7) is 0. The van der Waals surface area contributed by atoms with E-state index < -0.39 is 5.00 Å². The van der Waals surface area contributed by atoms with Crippen LogP contribution in [0.5, 0.6) is 0 Å². The molecule has 0 saturated heterocycles. The normalized spacial score (nSPS) is 24.1. The molecule has 0 aromatic heterocycles. The van der Waals surface area contributed by atoms with E-state index in [-0.39, 0.29) is 4.92 Å². The Bertz CT molecular complexity index is 143. The quantitative estimate of drug-likeness (QED) is 0.257. The largest absolute Gasteiger partial charge is 0.294 e. The van der Waals surface area contributed by atoms with E-state index in [4.69, 9.17) is 11.6 Å². The first-order chi connectivity index (χ1) is 4.65. The number of hydrogen-bond donors (Lipinski definition) is 0. The summed E-state index contributed by atoms with van der Waals surface area (Å²) in [6.07, 6.45) is 3.93. The van der Waals surface area contributed by atoms with Crippen LogP contribution in [0.3, 0.4) is 0 Å². The number of halogens is 1. The van der Waals surface area contributed by atoms with Crippen molar-refractivity contribution < 1.29 is 4.92 Å². The molecule has 0 spiro atoms. The van der Waals surface area contributed by atoms with Crippen LogP contribution in [-0.4, -0.2) is 9.92 Å². The van der Waals surface area contributed by atoms with E-state index in [1.807, 2.05) is 0 Å². The zero-order valence-electron chi connectivity index (χ0n) is 5.68. The molecule has 0 radical (unpaired) electrons. The Hall–Kier alpha value is -0.310. The summed E-state index contributed by atoms with van der Waals surface area (Å²) < 4.78 is 0. The smallest absolute Gasteiger partial charge is 0.263 e. The summed E-state index contributed by atoms with van der Waals surface area (Å²) >= 11 is 5.71. The van der Waals surface area contributed by atoms with Crippen molar-refractivity contribution in [2.75, 3.05) is 0 Å². The molecule has 0 aromatic carbocycles. The Kier molecular flexibility index (Phi) is 2.14. The SMILES string of the molecule is O=[N+]([O-])C1(Cl)CCCCC1. The summed E-state index contributed by atoms with van der Waals surface area (Å²) in [7, 11) is 0. The third kappa shape index (κ3) is 1.40. The van der Waals surface area contributed by atoms with Gasteiger partial charge in [0.15, 0.2) is 0 Å². The predicted octanol–water partition coefficient (Wildman–Crippen LogP) is 2.16. The summed E-state index contributed by atoms with van der Waals surface area (Å²) in [4.78, 5) is 8.87. The lowest BCUT2D eigenvalue weighted by atomic mass is 9.95. The molecule has 1 fully saturated rings. The van der Waals surface area contributed by atoms with Crippen LogP contribution in [0.25, 0.3) is 0 Å². The zero-order chi connectivity index (χ0) is 7.61. The van der Waals surface area contributed by atoms with Crippen LogP contribution in [0.2, 0.25) is 0 Å². The predicted molar refractivity (Wildman–Crippen MR) is 38.7 cm³/mol. The molecule has 1 saturated carbocycles. The Balaban J connectivity index is 2.56. The van der Waals surface area contributed by atoms with E-state index in [1.54, 1.807) is 0 Å². The molecule has 0 atom stereocenters. The fourth-order valence-corrected chi connectivity index (χ4v) is 1.54. The highest BCUT2D eigenvalue weighted by atomic mass is 35.5. The minimum Gasteiger partial charge on any atom is -0.263 e. The Labute approximate surface area is 64.5 Å². The molecule has 0 N–H and O–H groups in total. The molecule has 0 amide bonds. The lowest BCUT2D eigenvalue weighted by molar-refractivity contribution is -0.546. The monoisotopic (exact) mass is 163 g/mol. The van der Waals surface area contributed by atoms with Crippen molar-refractivity contribution >= 4 is 11.6 Å². The van der Waals surface area contributed by atoms with Crippen molar-refractivity contribution in [2.45, 2.75) is 37.1 Å². The van der Waals surface area contributed by atoms with Crippen molar-refractivity contribution in [3.8, 4) is 0 Å². The Morgan fingerprint density at radius 1 is 1.30 bits per heavy atom. The van der Waals surface area contributed by atoms with E-state index in [9.17, 15) is 10.1 Å². The molecular weight excluding hydrogens is 154 g/mol. The number of nitrogens with zero attached hydrogens (tertiary/aromatic N) is 1. The summed E-state index contributed by atoms with van der Waals surface area (Å²) in [6, 6.07) is 0. The summed E-state index contributed by atoms with van der Waals surface area (Å²) in [5.74, 6) is 0. The highest BCUT2D eigenvalue weighted by Crippen LogP contribution is 2.34. The van der Waals surface area contributed by atoms with Crippen LogP contribution in [0, 0.1) is 10.1 Å². The van der Waals surface area contributed by atoms with Crippen molar-refractivity contribution in [2.24, 2.45) is 0 Å². The lowest BCUT2D eigenvalue weighted by Gasteiger charge is -2.22. The molecule has 0 aliphatic heterocycles. The van der Waals surface area contributed by atoms with Crippen molar-refractivity contribution in [3.63, 3.8) is 0 Å². The fraction of sp³-hybridized carbons (Fsp3) is 1.00. The third-order valence-electron chi connectivity index (χ3n) is 1.95. The van der Waals surface area contributed by atoms with E-state index in [1.165, 1.54) is 0 Å². The molecule has 1 rings (SSSR count). The lowest BCUT2D eigenvalue weighted by Crippen LogP contribution is -2.33. The minimum absolute atomic E-state index is 0.353. The maximum absolute atomic E-state index is 10.3. The molecule has 0 aromatic rings. The van der Waals surface area contributed by atoms with Gasteiger partial charge in [0.05, 0.1) is 0 Å². The molecule has 0 unspecified atom stereocenters. The molecule has 3 nitrogen and oxygen atoms in total. The molecule has 4 heteroatoms. The molecular formula is C6H10ClNO2. The van der Waals surface area contributed by atoms with E-state index in [2.05, 4.69) is 0 Å². The zero-order valence-corrected chi connectivity index (χ0v) is 6.43. The van der Waals surface area contributed by atoms with Gasteiger partial charge in [0.1, 0.15) is 0 Å². The average Bonchev–Trinajstić information content (AvgIpc) is 1.89. The molecule has 10 heavy (non-hydrogen) atoms. The second kappa shape index (κ2) is 2.74. The van der Waals surface area contributed by atoms with Gasteiger partial charge in [-0.3, -0.25) is 10.1 Å². The second-order valence-corrected chi connectivity index (χ2v) is 3.44. The summed E-state index contributed by atoms with van der Waals surface area (Å²) in [5, 5.41) is 10.3. The first kappa shape index (κ1) is 7.79. The topological polar surface area (TPSA) is 43.1 Å². The van der Waals surface area contributed by atoms with Crippen LogP contribution < -0.4 is 0 Å². The number of hydrogen-bond acceptors (Lipinski definition) is 2. The first-order valence-electron chi connectivity index (χ1n) is 3.48. The van der Waals surface area contributed by atoms with Crippen LogP contribution in [0.1, 0.15) is 32.1 Å². The molecule has 1 aliphatic rings. The highest BCUT2D eigenvalue weighted by Gasteiger charge is 2.41. The van der Waals surface area contributed by atoms with E-state index in [0.29, 0.717) is 12.8 Å². The Morgan fingerprint density at radius 2 is 1.80 bits per heavy atom. The molecule has 58 valence electrons. The number of alkyl halides is 1. The number of nitro groups is 1. The van der Waals surface area contributed by atoms with Crippen LogP contribution >= 0.6 is 11.6 Å². The molecule has 0 heterocycles. The first-order valence-corrected chi connectivity index (χ1v) is 3.86.